The molecule has 1 aliphatic rings. The van der Waals surface area contributed by atoms with Gasteiger partial charge in [-0.3, -0.25) is 4.79 Å². The van der Waals surface area contributed by atoms with Crippen molar-refractivity contribution >= 4 is 33.8 Å². The van der Waals surface area contributed by atoms with Crippen LogP contribution in [0.1, 0.15) is 22.3 Å². The van der Waals surface area contributed by atoms with Crippen molar-refractivity contribution < 1.29 is 23.1 Å². The van der Waals surface area contributed by atoms with Crippen molar-refractivity contribution in [1.29, 1.82) is 0 Å². The lowest BCUT2D eigenvalue weighted by Gasteiger charge is -2.17. The number of aliphatic hydroxyl groups is 1. The molecular formula is C24H20FNO4S. The van der Waals surface area contributed by atoms with Crippen molar-refractivity contribution in [3.63, 3.8) is 0 Å². The smallest absolute Gasteiger partial charge is 0.259 e. The Morgan fingerprint density at radius 2 is 1.45 bits per heavy atom. The highest BCUT2D eigenvalue weighted by molar-refractivity contribution is 7.78. The fourth-order valence-corrected chi connectivity index (χ4v) is 4.14. The molecule has 0 bridgehead atoms. The van der Waals surface area contributed by atoms with E-state index in [-0.39, 0.29) is 24.1 Å². The molecule has 0 saturated heterocycles. The van der Waals surface area contributed by atoms with Gasteiger partial charge in [0.1, 0.15) is 5.82 Å². The number of carbonyl (C=O) groups excluding carboxylic acids is 1. The Bertz CT molecular complexity index is 1160. The van der Waals surface area contributed by atoms with Gasteiger partial charge in [-0.15, -0.1) is 0 Å². The molecule has 31 heavy (non-hydrogen) atoms. The van der Waals surface area contributed by atoms with E-state index in [4.69, 9.17) is 4.55 Å². The fraction of sp³-hybridized carbons (Fsp3) is 0.125. The molecule has 1 heterocycles. The highest BCUT2D eigenvalue weighted by atomic mass is 32.2. The first-order valence-electron chi connectivity index (χ1n) is 9.64. The monoisotopic (exact) mass is 437 g/mol. The van der Waals surface area contributed by atoms with Crippen molar-refractivity contribution in [1.82, 2.24) is 0 Å². The largest absolute Gasteiger partial charge is 0.392 e. The zero-order valence-electron chi connectivity index (χ0n) is 16.5. The first-order valence-corrected chi connectivity index (χ1v) is 10.9. The Balaban J connectivity index is 1.75. The number of benzene rings is 3. The second-order valence-electron chi connectivity index (χ2n) is 7.24. The van der Waals surface area contributed by atoms with Gasteiger partial charge in [0, 0.05) is 5.69 Å². The van der Waals surface area contributed by atoms with E-state index in [2.05, 4.69) is 0 Å². The Morgan fingerprint density at radius 3 is 2.03 bits per heavy atom. The van der Waals surface area contributed by atoms with Crippen LogP contribution in [0.5, 0.6) is 0 Å². The Hall–Kier alpha value is -3.13. The van der Waals surface area contributed by atoms with Crippen LogP contribution in [0.25, 0.3) is 11.1 Å². The van der Waals surface area contributed by atoms with E-state index in [0.717, 1.165) is 16.7 Å². The summed E-state index contributed by atoms with van der Waals surface area (Å²) in [6.07, 6.45) is 0. The molecule has 2 N–H and O–H groups in total. The lowest BCUT2D eigenvalue weighted by Crippen LogP contribution is -2.26. The fourth-order valence-electron chi connectivity index (χ4n) is 3.66. The van der Waals surface area contributed by atoms with E-state index >= 15 is 0 Å². The van der Waals surface area contributed by atoms with Gasteiger partial charge in [-0.05, 0) is 52.1 Å². The molecule has 0 fully saturated rings. The van der Waals surface area contributed by atoms with Gasteiger partial charge < -0.3 is 14.6 Å². The van der Waals surface area contributed by atoms with E-state index in [1.807, 2.05) is 12.1 Å². The molecule has 1 aliphatic heterocycles. The van der Waals surface area contributed by atoms with E-state index in [0.29, 0.717) is 28.9 Å². The Morgan fingerprint density at radius 1 is 0.871 bits per heavy atom. The molecule has 0 saturated carbocycles. The maximum absolute atomic E-state index is 13.5. The molecule has 5 nitrogen and oxygen atoms in total. The average Bonchev–Trinajstić information content (AvgIpc) is 3.11. The van der Waals surface area contributed by atoms with Crippen LogP contribution < -0.4 is 4.90 Å². The van der Waals surface area contributed by atoms with Crippen LogP contribution in [0.3, 0.4) is 0 Å². The summed E-state index contributed by atoms with van der Waals surface area (Å²) in [6.45, 7) is 0.249. The number of halogens is 1. The molecule has 4 rings (SSSR count). The van der Waals surface area contributed by atoms with Gasteiger partial charge in [-0.1, -0.05) is 48.5 Å². The first-order chi connectivity index (χ1) is 15.0. The number of hydrogen-bond acceptors (Lipinski definition) is 3. The average molecular weight is 437 g/mol. The van der Waals surface area contributed by atoms with Crippen molar-refractivity contribution in [3.8, 4) is 0 Å². The van der Waals surface area contributed by atoms with Crippen LogP contribution in [0, 0.1) is 5.82 Å². The summed E-state index contributed by atoms with van der Waals surface area (Å²) in [7, 11) is 0. The predicted octanol–water partition coefficient (Wildman–Crippen LogP) is 4.00. The molecule has 1 unspecified atom stereocenters. The summed E-state index contributed by atoms with van der Waals surface area (Å²) in [4.78, 5) is 15.0. The van der Waals surface area contributed by atoms with Crippen LogP contribution in [0.15, 0.2) is 72.8 Å². The molecule has 3 aromatic rings. The van der Waals surface area contributed by atoms with Crippen LogP contribution in [-0.4, -0.2) is 26.3 Å². The predicted molar refractivity (Wildman–Crippen MR) is 119 cm³/mol. The molecule has 1 atom stereocenters. The van der Waals surface area contributed by atoms with Gasteiger partial charge in [-0.2, -0.15) is 0 Å². The molecule has 0 aromatic heterocycles. The summed E-state index contributed by atoms with van der Waals surface area (Å²) in [5.74, 6) is -0.542. The third kappa shape index (κ3) is 4.49. The van der Waals surface area contributed by atoms with E-state index in [1.54, 1.807) is 53.4 Å². The molecule has 158 valence electrons. The number of carbonyl (C=O) groups is 1. The second kappa shape index (κ2) is 8.93. The van der Waals surface area contributed by atoms with Gasteiger partial charge in [0.15, 0.2) is 11.1 Å². The van der Waals surface area contributed by atoms with Gasteiger partial charge in [-0.25, -0.2) is 8.60 Å². The maximum Gasteiger partial charge on any atom is 0.259 e. The Labute approximate surface area is 181 Å². The van der Waals surface area contributed by atoms with Gasteiger partial charge in [0.25, 0.3) is 5.91 Å². The summed E-state index contributed by atoms with van der Waals surface area (Å²) in [5, 5.41) is 9.27. The van der Waals surface area contributed by atoms with Gasteiger partial charge >= 0.3 is 0 Å². The van der Waals surface area contributed by atoms with E-state index in [9.17, 15) is 18.5 Å². The molecule has 0 aliphatic carbocycles. The summed E-state index contributed by atoms with van der Waals surface area (Å²) in [6, 6.07) is 20.1. The minimum absolute atomic E-state index is 0.0341. The molecule has 3 aromatic carbocycles. The Kier molecular flexibility index (Phi) is 6.08. The molecule has 0 spiro atoms. The molecule has 7 heteroatoms. The number of hydrogen-bond donors (Lipinski definition) is 2. The zero-order chi connectivity index (χ0) is 22.0. The number of nitrogens with zero attached hydrogens (tertiary/aromatic N) is 1. The quantitative estimate of drug-likeness (QED) is 0.572. The lowest BCUT2D eigenvalue weighted by molar-refractivity contribution is -0.112. The van der Waals surface area contributed by atoms with Crippen molar-refractivity contribution in [2.45, 2.75) is 12.4 Å². The molecule has 0 radical (unpaired) electrons. The minimum atomic E-state index is -1.93. The number of aliphatic hydroxyl groups excluding tert-OH is 1. The third-order valence-corrected chi connectivity index (χ3v) is 5.81. The van der Waals surface area contributed by atoms with Crippen molar-refractivity contribution in [3.05, 3.63) is 101 Å². The van der Waals surface area contributed by atoms with E-state index < -0.39 is 11.1 Å². The lowest BCUT2D eigenvalue weighted by atomic mass is 9.96. The van der Waals surface area contributed by atoms with Gasteiger partial charge in [0.05, 0.1) is 24.5 Å². The summed E-state index contributed by atoms with van der Waals surface area (Å²) >= 11 is -1.93. The van der Waals surface area contributed by atoms with E-state index in [1.165, 1.54) is 12.1 Å². The van der Waals surface area contributed by atoms with Crippen LogP contribution in [0.4, 0.5) is 10.1 Å². The normalized spacial score (nSPS) is 14.9. The number of rotatable bonds is 6. The van der Waals surface area contributed by atoms with Crippen LogP contribution in [-0.2, 0) is 28.2 Å². The van der Waals surface area contributed by atoms with Crippen molar-refractivity contribution in [2.75, 3.05) is 11.4 Å². The topological polar surface area (TPSA) is 77.8 Å². The minimum Gasteiger partial charge on any atom is -0.392 e. The molecule has 1 amide bonds. The number of amides is 1. The van der Waals surface area contributed by atoms with Crippen molar-refractivity contribution in [2.24, 2.45) is 0 Å². The summed E-state index contributed by atoms with van der Waals surface area (Å²) in [5.41, 5.74) is 4.88. The SMILES string of the molecule is O=C1C(c2ccc(F)cc2)=C(c2ccc(CS(=O)O)cc2)CN1c1ccc(CO)cc1. The highest BCUT2D eigenvalue weighted by Gasteiger charge is 2.33. The standard InChI is InChI=1S/C24H20FNO4S/c25-20-9-7-19(8-10-20)23-22(18-5-1-17(2-6-18)15-31(29)30)13-26(24(23)28)21-11-3-16(14-27)4-12-21/h1-12,27H,13-15H2,(H,29,30). The summed E-state index contributed by atoms with van der Waals surface area (Å²) < 4.78 is 33.6. The van der Waals surface area contributed by atoms with Crippen LogP contribution >= 0.6 is 0 Å². The zero-order valence-corrected chi connectivity index (χ0v) is 17.3. The third-order valence-electron chi connectivity index (χ3n) is 5.23. The highest BCUT2D eigenvalue weighted by Crippen LogP contribution is 2.37. The number of anilines is 1. The van der Waals surface area contributed by atoms with Crippen LogP contribution in [0.2, 0.25) is 0 Å². The molecular weight excluding hydrogens is 417 g/mol. The van der Waals surface area contributed by atoms with Gasteiger partial charge in [0.2, 0.25) is 0 Å². The second-order valence-corrected chi connectivity index (χ2v) is 8.17. The first kappa shape index (κ1) is 21.1. The maximum atomic E-state index is 13.5.